The van der Waals surface area contributed by atoms with Gasteiger partial charge in [-0.2, -0.15) is 0 Å². The van der Waals surface area contributed by atoms with Gasteiger partial charge in [0.15, 0.2) is 0 Å². The summed E-state index contributed by atoms with van der Waals surface area (Å²) in [7, 11) is 0. The van der Waals surface area contributed by atoms with Gasteiger partial charge in [0.05, 0.1) is 0 Å². The molecule has 0 heteroatoms. The molecule has 1 aromatic rings. The van der Waals surface area contributed by atoms with E-state index in [1.54, 1.807) is 11.1 Å². The zero-order valence-corrected chi connectivity index (χ0v) is 10.9. The van der Waals surface area contributed by atoms with E-state index in [-0.39, 0.29) is 0 Å². The first-order valence-electron chi connectivity index (χ1n) is 6.70. The van der Waals surface area contributed by atoms with Gasteiger partial charge in [-0.1, -0.05) is 51.5 Å². The summed E-state index contributed by atoms with van der Waals surface area (Å²) >= 11 is 0. The maximum Gasteiger partial charge on any atom is -0.0162 e. The quantitative estimate of drug-likeness (QED) is 0.624. The van der Waals surface area contributed by atoms with Gasteiger partial charge in [-0.15, -0.1) is 0 Å². The van der Waals surface area contributed by atoms with E-state index in [2.05, 4.69) is 45.0 Å². The fraction of sp³-hybridized carbons (Fsp3) is 0.625. The van der Waals surface area contributed by atoms with Crippen LogP contribution in [0.4, 0.5) is 0 Å². The van der Waals surface area contributed by atoms with Gasteiger partial charge in [-0.25, -0.2) is 0 Å². The summed E-state index contributed by atoms with van der Waals surface area (Å²) in [6.07, 6.45) is 6.67. The molecule has 0 amide bonds. The van der Waals surface area contributed by atoms with E-state index in [0.717, 1.165) is 5.92 Å². The Hall–Kier alpha value is -0.780. The number of hydrogen-bond donors (Lipinski definition) is 0. The number of rotatable bonds is 1. The summed E-state index contributed by atoms with van der Waals surface area (Å²) in [5.74, 6) is 0.798. The third kappa shape index (κ3) is 2.48. The molecule has 2 rings (SSSR count). The molecule has 0 nitrogen and oxygen atoms in total. The first kappa shape index (κ1) is 11.7. The molecule has 16 heavy (non-hydrogen) atoms. The van der Waals surface area contributed by atoms with E-state index >= 15 is 0 Å². The van der Waals surface area contributed by atoms with E-state index in [4.69, 9.17) is 0 Å². The SMILES string of the molecule is CCC1CCCC(C)(C)Cc2ccccc21. The minimum Gasteiger partial charge on any atom is -0.0648 e. The van der Waals surface area contributed by atoms with Crippen molar-refractivity contribution in [2.45, 2.75) is 58.8 Å². The van der Waals surface area contributed by atoms with Crippen LogP contribution in [0.1, 0.15) is 63.5 Å². The predicted octanol–water partition coefficient (Wildman–Crippen LogP) is 4.93. The molecule has 88 valence electrons. The van der Waals surface area contributed by atoms with Crippen molar-refractivity contribution in [3.05, 3.63) is 35.4 Å². The van der Waals surface area contributed by atoms with Crippen LogP contribution < -0.4 is 0 Å². The standard InChI is InChI=1S/C16H24/c1-4-13-9-7-11-16(2,3)12-14-8-5-6-10-15(13)14/h5-6,8,10,13H,4,7,9,11-12H2,1-3H3. The molecule has 1 aliphatic carbocycles. The highest BCUT2D eigenvalue weighted by atomic mass is 14.3. The van der Waals surface area contributed by atoms with Gasteiger partial charge in [0.1, 0.15) is 0 Å². The highest BCUT2D eigenvalue weighted by Gasteiger charge is 2.24. The van der Waals surface area contributed by atoms with Crippen molar-refractivity contribution in [1.82, 2.24) is 0 Å². The Labute approximate surface area is 100 Å². The lowest BCUT2D eigenvalue weighted by atomic mass is 9.74. The smallest absolute Gasteiger partial charge is 0.0162 e. The van der Waals surface area contributed by atoms with Crippen LogP contribution in [0.3, 0.4) is 0 Å². The minimum absolute atomic E-state index is 0.481. The molecule has 1 aromatic carbocycles. The van der Waals surface area contributed by atoms with Crippen molar-refractivity contribution in [3.8, 4) is 0 Å². The van der Waals surface area contributed by atoms with Crippen LogP contribution in [-0.2, 0) is 6.42 Å². The molecule has 0 spiro atoms. The second-order valence-corrected chi connectivity index (χ2v) is 6.04. The van der Waals surface area contributed by atoms with Gasteiger partial charge in [0.2, 0.25) is 0 Å². The van der Waals surface area contributed by atoms with Crippen LogP contribution in [0.15, 0.2) is 24.3 Å². The van der Waals surface area contributed by atoms with Crippen molar-refractivity contribution in [2.24, 2.45) is 5.41 Å². The van der Waals surface area contributed by atoms with Crippen LogP contribution >= 0.6 is 0 Å². The average Bonchev–Trinajstić information content (AvgIpc) is 2.23. The van der Waals surface area contributed by atoms with E-state index in [9.17, 15) is 0 Å². The van der Waals surface area contributed by atoms with Gasteiger partial charge in [-0.3, -0.25) is 0 Å². The Kier molecular flexibility index (Phi) is 3.37. The van der Waals surface area contributed by atoms with Crippen molar-refractivity contribution < 1.29 is 0 Å². The molecule has 0 fully saturated rings. The molecule has 0 aliphatic heterocycles. The summed E-state index contributed by atoms with van der Waals surface area (Å²) in [4.78, 5) is 0. The van der Waals surface area contributed by atoms with E-state index < -0.39 is 0 Å². The summed E-state index contributed by atoms with van der Waals surface area (Å²) in [6.45, 7) is 7.15. The zero-order valence-electron chi connectivity index (χ0n) is 10.9. The van der Waals surface area contributed by atoms with Crippen LogP contribution in [0.5, 0.6) is 0 Å². The average molecular weight is 216 g/mol. The lowest BCUT2D eigenvalue weighted by Crippen LogP contribution is -2.19. The molecule has 0 N–H and O–H groups in total. The predicted molar refractivity (Wildman–Crippen MR) is 70.8 cm³/mol. The molecule has 1 unspecified atom stereocenters. The molecule has 0 saturated carbocycles. The molecule has 0 radical (unpaired) electrons. The van der Waals surface area contributed by atoms with Gasteiger partial charge in [0, 0.05) is 0 Å². The molecule has 1 atom stereocenters. The van der Waals surface area contributed by atoms with Gasteiger partial charge >= 0.3 is 0 Å². The fourth-order valence-corrected chi connectivity index (χ4v) is 3.10. The van der Waals surface area contributed by atoms with Crippen LogP contribution in [0.25, 0.3) is 0 Å². The molecule has 0 aromatic heterocycles. The Balaban J connectivity index is 2.37. The van der Waals surface area contributed by atoms with Crippen molar-refractivity contribution in [3.63, 3.8) is 0 Å². The zero-order chi connectivity index (χ0) is 11.6. The third-order valence-corrected chi connectivity index (χ3v) is 4.06. The summed E-state index contributed by atoms with van der Waals surface area (Å²) in [6, 6.07) is 9.09. The highest BCUT2D eigenvalue weighted by Crippen LogP contribution is 2.38. The van der Waals surface area contributed by atoms with Gasteiger partial charge in [0.25, 0.3) is 0 Å². The van der Waals surface area contributed by atoms with Crippen molar-refractivity contribution in [2.75, 3.05) is 0 Å². The Bertz CT molecular complexity index is 349. The molecular formula is C16H24. The maximum absolute atomic E-state index is 2.41. The second-order valence-electron chi connectivity index (χ2n) is 6.04. The lowest BCUT2D eigenvalue weighted by molar-refractivity contribution is 0.302. The number of fused-ring (bicyclic) bond motifs is 1. The van der Waals surface area contributed by atoms with Gasteiger partial charge < -0.3 is 0 Å². The van der Waals surface area contributed by atoms with E-state index in [1.165, 1.54) is 32.1 Å². The second kappa shape index (κ2) is 4.61. The van der Waals surface area contributed by atoms with Crippen molar-refractivity contribution in [1.29, 1.82) is 0 Å². The largest absolute Gasteiger partial charge is 0.0648 e. The van der Waals surface area contributed by atoms with Gasteiger partial charge in [-0.05, 0) is 48.1 Å². The summed E-state index contributed by atoms with van der Waals surface area (Å²) in [5.41, 5.74) is 3.70. The first-order valence-corrected chi connectivity index (χ1v) is 6.70. The molecule has 1 aliphatic rings. The lowest BCUT2D eigenvalue weighted by Gasteiger charge is -2.31. The molecular weight excluding hydrogens is 192 g/mol. The fourth-order valence-electron chi connectivity index (χ4n) is 3.10. The van der Waals surface area contributed by atoms with E-state index in [1.807, 2.05) is 0 Å². The Morgan fingerprint density at radius 1 is 1.25 bits per heavy atom. The Morgan fingerprint density at radius 2 is 2.00 bits per heavy atom. The molecule has 0 saturated heterocycles. The molecule has 0 bridgehead atoms. The van der Waals surface area contributed by atoms with E-state index in [0.29, 0.717) is 5.41 Å². The number of hydrogen-bond acceptors (Lipinski definition) is 0. The van der Waals surface area contributed by atoms with Crippen LogP contribution in [0, 0.1) is 5.41 Å². The third-order valence-electron chi connectivity index (χ3n) is 4.06. The topological polar surface area (TPSA) is 0 Å². The minimum atomic E-state index is 0.481. The van der Waals surface area contributed by atoms with Crippen molar-refractivity contribution >= 4 is 0 Å². The van der Waals surface area contributed by atoms with Crippen LogP contribution in [-0.4, -0.2) is 0 Å². The summed E-state index contributed by atoms with van der Waals surface area (Å²) < 4.78 is 0. The maximum atomic E-state index is 2.41. The monoisotopic (exact) mass is 216 g/mol. The van der Waals surface area contributed by atoms with Crippen LogP contribution in [0.2, 0.25) is 0 Å². The normalized spacial score (nSPS) is 24.3. The highest BCUT2D eigenvalue weighted by molar-refractivity contribution is 5.31. The number of benzene rings is 1. The first-order chi connectivity index (χ1) is 7.62. The summed E-state index contributed by atoms with van der Waals surface area (Å²) in [5, 5.41) is 0. The Morgan fingerprint density at radius 3 is 2.75 bits per heavy atom. The molecule has 0 heterocycles.